The van der Waals surface area contributed by atoms with E-state index >= 15 is 0 Å². The third-order valence-corrected chi connectivity index (χ3v) is 3.42. The number of rotatable bonds is 7. The van der Waals surface area contributed by atoms with E-state index in [9.17, 15) is 0 Å². The molecule has 0 unspecified atom stereocenters. The van der Waals surface area contributed by atoms with Crippen molar-refractivity contribution in [3.05, 3.63) is 71.8 Å². The highest BCUT2D eigenvalue weighted by atomic mass is 35.5. The van der Waals surface area contributed by atoms with Crippen molar-refractivity contribution >= 4 is 12.4 Å². The van der Waals surface area contributed by atoms with E-state index in [1.165, 1.54) is 0 Å². The van der Waals surface area contributed by atoms with Crippen LogP contribution < -0.4 is 15.2 Å². The molecule has 0 saturated carbocycles. The molecule has 2 N–H and O–H groups in total. The molecule has 0 aromatic heterocycles. The summed E-state index contributed by atoms with van der Waals surface area (Å²) in [7, 11) is 1.64. The molecule has 0 amide bonds. The molecule has 1 atom stereocenters. The molecule has 0 bridgehead atoms. The number of hydrogen-bond donors (Lipinski definition) is 1. The summed E-state index contributed by atoms with van der Waals surface area (Å²) >= 11 is 0. The Labute approximate surface area is 144 Å². The first-order valence-corrected chi connectivity index (χ1v) is 7.34. The van der Waals surface area contributed by atoms with Gasteiger partial charge in [0.25, 0.3) is 0 Å². The van der Waals surface area contributed by atoms with Gasteiger partial charge in [0, 0.05) is 6.04 Å². The number of ether oxygens (including phenoxy) is 2. The lowest BCUT2D eigenvalue weighted by molar-refractivity contribution is 0.284. The Morgan fingerprint density at radius 1 is 1.13 bits per heavy atom. The second kappa shape index (κ2) is 9.23. The zero-order valence-corrected chi connectivity index (χ0v) is 14.4. The molecule has 2 aromatic carbocycles. The van der Waals surface area contributed by atoms with Crippen LogP contribution in [0.5, 0.6) is 11.5 Å². The van der Waals surface area contributed by atoms with E-state index in [1.807, 2.05) is 55.5 Å². The minimum atomic E-state index is -0.0810. The van der Waals surface area contributed by atoms with Crippen molar-refractivity contribution < 1.29 is 9.47 Å². The Morgan fingerprint density at radius 3 is 2.43 bits per heavy atom. The van der Waals surface area contributed by atoms with Crippen molar-refractivity contribution in [2.45, 2.75) is 26.0 Å². The van der Waals surface area contributed by atoms with E-state index in [0.29, 0.717) is 18.1 Å². The highest BCUT2D eigenvalue weighted by Gasteiger charge is 2.11. The van der Waals surface area contributed by atoms with Gasteiger partial charge in [0.1, 0.15) is 6.61 Å². The average Bonchev–Trinajstić information content (AvgIpc) is 2.53. The molecule has 2 rings (SSSR count). The van der Waals surface area contributed by atoms with Crippen LogP contribution in [0.3, 0.4) is 0 Å². The Hall–Kier alpha value is -1.97. The van der Waals surface area contributed by atoms with Crippen molar-refractivity contribution in [2.24, 2.45) is 5.73 Å². The van der Waals surface area contributed by atoms with E-state index in [1.54, 1.807) is 7.11 Å². The van der Waals surface area contributed by atoms with Gasteiger partial charge >= 0.3 is 0 Å². The highest BCUT2D eigenvalue weighted by molar-refractivity contribution is 5.85. The second-order valence-electron chi connectivity index (χ2n) is 5.45. The van der Waals surface area contributed by atoms with Crippen molar-refractivity contribution in [1.82, 2.24) is 0 Å². The standard InChI is InChI=1S/C19H23NO2.ClH/c1-14(2)11-17(20)16-9-10-18(21-3)19(12-16)22-13-15-7-5-4-6-8-15;/h4-10,12,17H,1,11,13,20H2,2-3H3;1H/t17-;/m0./s1. The first-order chi connectivity index (χ1) is 10.6. The minimum absolute atomic E-state index is 0. The van der Waals surface area contributed by atoms with Crippen molar-refractivity contribution in [3.8, 4) is 11.5 Å². The van der Waals surface area contributed by atoms with Gasteiger partial charge in [-0.05, 0) is 36.6 Å². The summed E-state index contributed by atoms with van der Waals surface area (Å²) in [4.78, 5) is 0. The summed E-state index contributed by atoms with van der Waals surface area (Å²) in [6.45, 7) is 6.40. The Morgan fingerprint density at radius 2 is 1.83 bits per heavy atom. The quantitative estimate of drug-likeness (QED) is 0.749. The van der Waals surface area contributed by atoms with Crippen LogP contribution in [0.25, 0.3) is 0 Å². The summed E-state index contributed by atoms with van der Waals surface area (Å²) in [5.74, 6) is 1.42. The summed E-state index contributed by atoms with van der Waals surface area (Å²) in [5.41, 5.74) is 9.40. The van der Waals surface area contributed by atoms with Crippen molar-refractivity contribution in [2.75, 3.05) is 7.11 Å². The predicted octanol–water partition coefficient (Wildman–Crippen LogP) is 4.66. The van der Waals surface area contributed by atoms with Gasteiger partial charge in [0.05, 0.1) is 7.11 Å². The maximum absolute atomic E-state index is 6.21. The van der Waals surface area contributed by atoms with Gasteiger partial charge in [0.15, 0.2) is 11.5 Å². The van der Waals surface area contributed by atoms with Crippen LogP contribution in [-0.2, 0) is 6.61 Å². The van der Waals surface area contributed by atoms with Crippen LogP contribution in [0.4, 0.5) is 0 Å². The lowest BCUT2D eigenvalue weighted by Gasteiger charge is -2.16. The SMILES string of the molecule is C=C(C)C[C@H](N)c1ccc(OC)c(OCc2ccccc2)c1.Cl. The molecular weight excluding hydrogens is 310 g/mol. The molecule has 0 heterocycles. The van der Waals surface area contributed by atoms with E-state index in [0.717, 1.165) is 23.1 Å². The number of methoxy groups -OCH3 is 1. The molecule has 23 heavy (non-hydrogen) atoms. The maximum atomic E-state index is 6.21. The Kier molecular flexibility index (Phi) is 7.66. The normalized spacial score (nSPS) is 11.3. The van der Waals surface area contributed by atoms with Crippen molar-refractivity contribution in [3.63, 3.8) is 0 Å². The Bertz CT molecular complexity index is 629. The van der Waals surface area contributed by atoms with E-state index < -0.39 is 0 Å². The van der Waals surface area contributed by atoms with E-state index in [4.69, 9.17) is 15.2 Å². The maximum Gasteiger partial charge on any atom is 0.161 e. The zero-order valence-electron chi connectivity index (χ0n) is 13.6. The molecule has 0 aliphatic carbocycles. The van der Waals surface area contributed by atoms with Gasteiger partial charge < -0.3 is 15.2 Å². The van der Waals surface area contributed by atoms with E-state index in [2.05, 4.69) is 6.58 Å². The van der Waals surface area contributed by atoms with Crippen LogP contribution in [0.2, 0.25) is 0 Å². The molecule has 0 radical (unpaired) electrons. The number of hydrogen-bond acceptors (Lipinski definition) is 3. The molecule has 0 fully saturated rings. The highest BCUT2D eigenvalue weighted by Crippen LogP contribution is 2.31. The van der Waals surface area contributed by atoms with Gasteiger partial charge in [-0.25, -0.2) is 0 Å². The molecule has 3 nitrogen and oxygen atoms in total. The molecule has 0 saturated heterocycles. The number of nitrogens with two attached hydrogens (primary N) is 1. The first-order valence-electron chi connectivity index (χ1n) is 7.34. The largest absolute Gasteiger partial charge is 0.493 e. The summed E-state index contributed by atoms with van der Waals surface area (Å²) in [5, 5.41) is 0. The van der Waals surface area contributed by atoms with E-state index in [-0.39, 0.29) is 18.4 Å². The third-order valence-electron chi connectivity index (χ3n) is 3.42. The molecular formula is C19H24ClNO2. The predicted molar refractivity (Wildman–Crippen MR) is 97.4 cm³/mol. The topological polar surface area (TPSA) is 44.5 Å². The van der Waals surface area contributed by atoms with Crippen LogP contribution in [0, 0.1) is 0 Å². The molecule has 0 aliphatic heterocycles. The smallest absolute Gasteiger partial charge is 0.161 e. The Balaban J connectivity index is 0.00000264. The zero-order chi connectivity index (χ0) is 15.9. The van der Waals surface area contributed by atoms with Gasteiger partial charge in [-0.3, -0.25) is 0 Å². The lowest BCUT2D eigenvalue weighted by atomic mass is 10.0. The summed E-state index contributed by atoms with van der Waals surface area (Å²) < 4.78 is 11.3. The molecule has 0 aliphatic rings. The molecule has 2 aromatic rings. The first kappa shape index (κ1) is 19.1. The summed E-state index contributed by atoms with van der Waals surface area (Å²) in [6, 6.07) is 15.8. The third kappa shape index (κ3) is 5.62. The number of benzene rings is 2. The van der Waals surface area contributed by atoms with Gasteiger partial charge in [-0.1, -0.05) is 42.0 Å². The fraction of sp³-hybridized carbons (Fsp3) is 0.263. The monoisotopic (exact) mass is 333 g/mol. The van der Waals surface area contributed by atoms with Crippen LogP contribution in [0.1, 0.15) is 30.5 Å². The van der Waals surface area contributed by atoms with Crippen LogP contribution in [0.15, 0.2) is 60.7 Å². The molecule has 0 spiro atoms. The molecule has 124 valence electrons. The minimum Gasteiger partial charge on any atom is -0.493 e. The van der Waals surface area contributed by atoms with Gasteiger partial charge in [-0.2, -0.15) is 0 Å². The van der Waals surface area contributed by atoms with Crippen molar-refractivity contribution in [1.29, 1.82) is 0 Å². The summed E-state index contributed by atoms with van der Waals surface area (Å²) in [6.07, 6.45) is 0.754. The molecule has 4 heteroatoms. The van der Waals surface area contributed by atoms with Gasteiger partial charge in [0.2, 0.25) is 0 Å². The fourth-order valence-electron chi connectivity index (χ4n) is 2.27. The number of halogens is 1. The fourth-order valence-corrected chi connectivity index (χ4v) is 2.27. The van der Waals surface area contributed by atoms with Crippen LogP contribution in [-0.4, -0.2) is 7.11 Å². The van der Waals surface area contributed by atoms with Crippen LogP contribution >= 0.6 is 12.4 Å². The van der Waals surface area contributed by atoms with Gasteiger partial charge in [-0.15, -0.1) is 19.0 Å². The second-order valence-corrected chi connectivity index (χ2v) is 5.45. The lowest BCUT2D eigenvalue weighted by Crippen LogP contribution is -2.11. The average molecular weight is 334 g/mol.